The summed E-state index contributed by atoms with van der Waals surface area (Å²) in [5.74, 6) is 0.0627. The molecule has 4 rings (SSSR count). The van der Waals surface area contributed by atoms with Gasteiger partial charge in [-0.15, -0.1) is 0 Å². The zero-order chi connectivity index (χ0) is 23.3. The first-order valence-corrected chi connectivity index (χ1v) is 13.3. The van der Waals surface area contributed by atoms with Crippen LogP contribution in [0.1, 0.15) is 43.2 Å². The van der Waals surface area contributed by atoms with E-state index in [0.717, 1.165) is 59.9 Å². The standard InChI is InChI=1S/C27H30N2O3S/c1-33(31,32)28-20-21-13-15-22(16-14-21)23-9-8-12-25(19-23)29-26(30)27(17-6-3-7-18-27)24-10-4-2-5-11-24/h2,4-5,8-16,19,28H,3,6-7,17-18,20H2,1H3,(H,29,30). The van der Waals surface area contributed by atoms with E-state index in [4.69, 9.17) is 0 Å². The summed E-state index contributed by atoms with van der Waals surface area (Å²) in [7, 11) is -3.23. The Morgan fingerprint density at radius 1 is 0.848 bits per heavy atom. The van der Waals surface area contributed by atoms with E-state index in [1.54, 1.807) is 0 Å². The molecule has 1 saturated carbocycles. The second-order valence-electron chi connectivity index (χ2n) is 8.83. The summed E-state index contributed by atoms with van der Waals surface area (Å²) in [6, 6.07) is 25.8. The van der Waals surface area contributed by atoms with Gasteiger partial charge in [0.25, 0.3) is 0 Å². The minimum atomic E-state index is -3.23. The molecule has 1 aliphatic rings. The fourth-order valence-corrected chi connectivity index (χ4v) is 5.04. The lowest BCUT2D eigenvalue weighted by molar-refractivity contribution is -0.122. The molecule has 1 aliphatic carbocycles. The van der Waals surface area contributed by atoms with Gasteiger partial charge in [0.05, 0.1) is 11.7 Å². The quantitative estimate of drug-likeness (QED) is 0.504. The summed E-state index contributed by atoms with van der Waals surface area (Å²) in [5.41, 5.74) is 4.27. The van der Waals surface area contributed by atoms with Gasteiger partial charge in [-0.3, -0.25) is 4.79 Å². The monoisotopic (exact) mass is 462 g/mol. The van der Waals surface area contributed by atoms with Crippen molar-refractivity contribution in [2.45, 2.75) is 44.1 Å². The highest BCUT2D eigenvalue weighted by Crippen LogP contribution is 2.40. The van der Waals surface area contributed by atoms with Gasteiger partial charge in [-0.05, 0) is 47.2 Å². The van der Waals surface area contributed by atoms with Crippen LogP contribution in [0.15, 0.2) is 78.9 Å². The van der Waals surface area contributed by atoms with Crippen LogP contribution in [-0.2, 0) is 26.8 Å². The number of carbonyl (C=O) groups excluding carboxylic acids is 1. The van der Waals surface area contributed by atoms with Crippen LogP contribution >= 0.6 is 0 Å². The fraction of sp³-hybridized carbons (Fsp3) is 0.296. The zero-order valence-electron chi connectivity index (χ0n) is 18.9. The molecule has 0 atom stereocenters. The largest absolute Gasteiger partial charge is 0.325 e. The number of hydrogen-bond acceptors (Lipinski definition) is 3. The fourth-order valence-electron chi connectivity index (χ4n) is 4.62. The summed E-state index contributed by atoms with van der Waals surface area (Å²) in [4.78, 5) is 13.6. The van der Waals surface area contributed by atoms with Crippen molar-refractivity contribution in [2.24, 2.45) is 0 Å². The summed E-state index contributed by atoms with van der Waals surface area (Å²) >= 11 is 0. The molecule has 6 heteroatoms. The second-order valence-corrected chi connectivity index (χ2v) is 10.7. The average Bonchev–Trinajstić information content (AvgIpc) is 2.84. The molecule has 0 aromatic heterocycles. The Balaban J connectivity index is 1.52. The summed E-state index contributed by atoms with van der Waals surface area (Å²) in [6.45, 7) is 0.261. The van der Waals surface area contributed by atoms with Crippen LogP contribution in [0.4, 0.5) is 5.69 Å². The normalized spacial score (nSPS) is 15.7. The van der Waals surface area contributed by atoms with Crippen molar-refractivity contribution >= 4 is 21.6 Å². The zero-order valence-corrected chi connectivity index (χ0v) is 19.7. The van der Waals surface area contributed by atoms with Gasteiger partial charge >= 0.3 is 0 Å². The summed E-state index contributed by atoms with van der Waals surface area (Å²) in [5, 5.41) is 3.19. The Morgan fingerprint density at radius 2 is 1.55 bits per heavy atom. The molecule has 0 unspecified atom stereocenters. The van der Waals surface area contributed by atoms with Crippen LogP contribution in [0.5, 0.6) is 0 Å². The topological polar surface area (TPSA) is 75.3 Å². The molecule has 3 aromatic carbocycles. The predicted molar refractivity (Wildman–Crippen MR) is 133 cm³/mol. The highest BCUT2D eigenvalue weighted by atomic mass is 32.2. The van der Waals surface area contributed by atoms with E-state index < -0.39 is 15.4 Å². The Labute approximate surface area is 196 Å². The van der Waals surface area contributed by atoms with E-state index in [9.17, 15) is 13.2 Å². The van der Waals surface area contributed by atoms with Gasteiger partial charge in [0, 0.05) is 12.2 Å². The van der Waals surface area contributed by atoms with Gasteiger partial charge in [-0.2, -0.15) is 0 Å². The van der Waals surface area contributed by atoms with Crippen molar-refractivity contribution in [3.8, 4) is 11.1 Å². The molecule has 0 radical (unpaired) electrons. The van der Waals surface area contributed by atoms with Crippen molar-refractivity contribution in [1.82, 2.24) is 4.72 Å². The smallest absolute Gasteiger partial charge is 0.235 e. The minimum absolute atomic E-state index is 0.0627. The Morgan fingerprint density at radius 3 is 2.21 bits per heavy atom. The first kappa shape index (κ1) is 23.2. The number of anilines is 1. The molecule has 1 fully saturated rings. The molecule has 0 saturated heterocycles. The van der Waals surface area contributed by atoms with Gasteiger partial charge in [-0.1, -0.05) is 86.0 Å². The summed E-state index contributed by atoms with van der Waals surface area (Å²) < 4.78 is 25.1. The second kappa shape index (κ2) is 9.89. The molecule has 2 N–H and O–H groups in total. The van der Waals surface area contributed by atoms with E-state index in [0.29, 0.717) is 0 Å². The first-order chi connectivity index (χ1) is 15.9. The Kier molecular flexibility index (Phi) is 6.96. The molecular formula is C27H30N2O3S. The molecule has 0 spiro atoms. The van der Waals surface area contributed by atoms with Crippen LogP contribution in [0.25, 0.3) is 11.1 Å². The molecule has 5 nitrogen and oxygen atoms in total. The first-order valence-electron chi connectivity index (χ1n) is 11.4. The van der Waals surface area contributed by atoms with Gasteiger partial charge in [0.15, 0.2) is 0 Å². The average molecular weight is 463 g/mol. The number of nitrogens with one attached hydrogen (secondary N) is 2. The van der Waals surface area contributed by atoms with Crippen molar-refractivity contribution < 1.29 is 13.2 Å². The van der Waals surface area contributed by atoms with E-state index >= 15 is 0 Å². The number of amides is 1. The highest BCUT2D eigenvalue weighted by Gasteiger charge is 2.41. The molecule has 172 valence electrons. The van der Waals surface area contributed by atoms with Crippen LogP contribution in [0.3, 0.4) is 0 Å². The maximum absolute atomic E-state index is 13.6. The molecule has 0 aliphatic heterocycles. The van der Waals surface area contributed by atoms with Crippen molar-refractivity contribution in [1.29, 1.82) is 0 Å². The molecule has 33 heavy (non-hydrogen) atoms. The number of carbonyl (C=O) groups is 1. The maximum atomic E-state index is 13.6. The molecule has 1 amide bonds. The lowest BCUT2D eigenvalue weighted by Gasteiger charge is -2.36. The molecule has 0 heterocycles. The molecule has 0 bridgehead atoms. The van der Waals surface area contributed by atoms with Gasteiger partial charge < -0.3 is 5.32 Å². The Bertz CT molecular complexity index is 1200. The summed E-state index contributed by atoms with van der Waals surface area (Å²) in [6.07, 6.45) is 6.17. The SMILES string of the molecule is CS(=O)(=O)NCc1ccc(-c2cccc(NC(=O)C3(c4ccccc4)CCCCC3)c2)cc1. The van der Waals surface area contributed by atoms with Crippen LogP contribution in [-0.4, -0.2) is 20.6 Å². The van der Waals surface area contributed by atoms with E-state index in [1.165, 1.54) is 6.42 Å². The van der Waals surface area contributed by atoms with E-state index in [1.807, 2.05) is 66.7 Å². The van der Waals surface area contributed by atoms with Crippen molar-refractivity contribution in [3.05, 3.63) is 90.0 Å². The number of rotatable bonds is 7. The van der Waals surface area contributed by atoms with Crippen LogP contribution in [0.2, 0.25) is 0 Å². The van der Waals surface area contributed by atoms with Gasteiger partial charge in [0.2, 0.25) is 15.9 Å². The highest BCUT2D eigenvalue weighted by molar-refractivity contribution is 7.88. The van der Waals surface area contributed by atoms with Crippen LogP contribution in [0, 0.1) is 0 Å². The molecular weight excluding hydrogens is 432 g/mol. The van der Waals surface area contributed by atoms with Crippen LogP contribution < -0.4 is 10.0 Å². The third kappa shape index (κ3) is 5.70. The predicted octanol–water partition coefficient (Wildman–Crippen LogP) is 5.24. The maximum Gasteiger partial charge on any atom is 0.235 e. The third-order valence-electron chi connectivity index (χ3n) is 6.41. The third-order valence-corrected chi connectivity index (χ3v) is 7.08. The lowest BCUT2D eigenvalue weighted by atomic mass is 9.68. The number of sulfonamides is 1. The lowest BCUT2D eigenvalue weighted by Crippen LogP contribution is -2.42. The van der Waals surface area contributed by atoms with Crippen molar-refractivity contribution in [3.63, 3.8) is 0 Å². The van der Waals surface area contributed by atoms with Crippen molar-refractivity contribution in [2.75, 3.05) is 11.6 Å². The number of benzene rings is 3. The molecule has 3 aromatic rings. The minimum Gasteiger partial charge on any atom is -0.325 e. The Hall–Kier alpha value is -2.96. The van der Waals surface area contributed by atoms with E-state index in [-0.39, 0.29) is 12.5 Å². The van der Waals surface area contributed by atoms with E-state index in [2.05, 4.69) is 22.2 Å². The number of hydrogen-bond donors (Lipinski definition) is 2. The van der Waals surface area contributed by atoms with Gasteiger partial charge in [0.1, 0.15) is 0 Å². The van der Waals surface area contributed by atoms with Gasteiger partial charge in [-0.25, -0.2) is 13.1 Å².